The number of hydrogen-bond acceptors (Lipinski definition) is 2. The molecule has 58 valence electrons. The predicted molar refractivity (Wildman–Crippen MR) is 37.9 cm³/mol. The largest absolute Gasteiger partial charge is 0.373 e. The summed E-state index contributed by atoms with van der Waals surface area (Å²) in [6, 6.07) is 0. The zero-order valence-corrected chi connectivity index (χ0v) is 6.21. The van der Waals surface area contributed by atoms with Crippen molar-refractivity contribution < 1.29 is 9.47 Å². The second-order valence-electron chi connectivity index (χ2n) is 3.20. The fourth-order valence-corrected chi connectivity index (χ4v) is 1.21. The minimum atomic E-state index is 0.625. The Morgan fingerprint density at radius 3 is 1.60 bits per heavy atom. The summed E-state index contributed by atoms with van der Waals surface area (Å²) in [6.45, 7) is 2.03. The van der Waals surface area contributed by atoms with E-state index in [1.54, 1.807) is 0 Å². The molecular formula is C8H14O2. The van der Waals surface area contributed by atoms with Crippen molar-refractivity contribution >= 4 is 0 Å². The van der Waals surface area contributed by atoms with E-state index in [0.29, 0.717) is 12.2 Å². The van der Waals surface area contributed by atoms with Crippen LogP contribution in [0.4, 0.5) is 0 Å². The van der Waals surface area contributed by atoms with Gasteiger partial charge in [-0.1, -0.05) is 12.8 Å². The van der Waals surface area contributed by atoms with Gasteiger partial charge in [-0.25, -0.2) is 0 Å². The van der Waals surface area contributed by atoms with Crippen LogP contribution in [0.15, 0.2) is 0 Å². The summed E-state index contributed by atoms with van der Waals surface area (Å²) in [5.41, 5.74) is 0. The van der Waals surface area contributed by atoms with E-state index in [-0.39, 0.29) is 0 Å². The Morgan fingerprint density at radius 1 is 0.900 bits per heavy atom. The summed E-state index contributed by atoms with van der Waals surface area (Å²) >= 11 is 0. The Hall–Kier alpha value is -0.0800. The molecule has 0 unspecified atom stereocenters. The zero-order valence-electron chi connectivity index (χ0n) is 6.21. The number of epoxide rings is 2. The first-order chi connectivity index (χ1) is 4.95. The van der Waals surface area contributed by atoms with E-state index in [0.717, 1.165) is 13.2 Å². The molecule has 2 aliphatic rings. The second kappa shape index (κ2) is 2.89. The van der Waals surface area contributed by atoms with Gasteiger partial charge in [0.1, 0.15) is 0 Å². The van der Waals surface area contributed by atoms with Crippen molar-refractivity contribution in [3.63, 3.8) is 0 Å². The molecule has 0 aromatic heterocycles. The summed E-state index contributed by atoms with van der Waals surface area (Å²) in [5, 5.41) is 0. The summed E-state index contributed by atoms with van der Waals surface area (Å²) in [4.78, 5) is 0. The molecular weight excluding hydrogens is 128 g/mol. The number of ether oxygens (including phenoxy) is 2. The van der Waals surface area contributed by atoms with Crippen LogP contribution in [-0.4, -0.2) is 25.4 Å². The summed E-state index contributed by atoms with van der Waals surface area (Å²) in [7, 11) is 0. The second-order valence-corrected chi connectivity index (χ2v) is 3.20. The van der Waals surface area contributed by atoms with Crippen LogP contribution in [0.5, 0.6) is 0 Å². The SMILES string of the molecule is C(CC[C@@H]1CO1)C[C@@H]1CO1. The molecule has 0 aliphatic carbocycles. The van der Waals surface area contributed by atoms with Gasteiger partial charge >= 0.3 is 0 Å². The Balaban J connectivity index is 1.40. The van der Waals surface area contributed by atoms with Gasteiger partial charge in [0.2, 0.25) is 0 Å². The predicted octanol–water partition coefficient (Wildman–Crippen LogP) is 1.34. The third kappa shape index (κ3) is 2.27. The fourth-order valence-electron chi connectivity index (χ4n) is 1.21. The molecule has 0 amide bonds. The van der Waals surface area contributed by atoms with E-state index in [1.165, 1.54) is 25.7 Å². The number of hydrogen-bond donors (Lipinski definition) is 0. The smallest absolute Gasteiger partial charge is 0.0810 e. The minimum Gasteiger partial charge on any atom is -0.373 e. The third-order valence-corrected chi connectivity index (χ3v) is 2.11. The van der Waals surface area contributed by atoms with Gasteiger partial charge in [0.05, 0.1) is 25.4 Å². The van der Waals surface area contributed by atoms with Gasteiger partial charge in [0.25, 0.3) is 0 Å². The Kier molecular flexibility index (Phi) is 1.91. The van der Waals surface area contributed by atoms with Crippen LogP contribution in [0, 0.1) is 0 Å². The highest BCUT2D eigenvalue weighted by Gasteiger charge is 2.23. The van der Waals surface area contributed by atoms with E-state index >= 15 is 0 Å². The maximum atomic E-state index is 5.10. The normalized spacial score (nSPS) is 36.0. The highest BCUT2D eigenvalue weighted by Crippen LogP contribution is 2.21. The lowest BCUT2D eigenvalue weighted by molar-refractivity contribution is 0.370. The molecule has 0 bridgehead atoms. The van der Waals surface area contributed by atoms with Gasteiger partial charge < -0.3 is 9.47 Å². The van der Waals surface area contributed by atoms with E-state index in [9.17, 15) is 0 Å². The van der Waals surface area contributed by atoms with Crippen LogP contribution >= 0.6 is 0 Å². The van der Waals surface area contributed by atoms with Crippen molar-refractivity contribution in [3.8, 4) is 0 Å². The van der Waals surface area contributed by atoms with Crippen molar-refractivity contribution in [2.45, 2.75) is 37.9 Å². The quantitative estimate of drug-likeness (QED) is 0.427. The molecule has 2 atom stereocenters. The molecule has 2 nitrogen and oxygen atoms in total. The molecule has 0 aromatic rings. The summed E-state index contributed by atoms with van der Waals surface area (Å²) < 4.78 is 10.2. The van der Waals surface area contributed by atoms with Crippen molar-refractivity contribution in [1.82, 2.24) is 0 Å². The van der Waals surface area contributed by atoms with Crippen molar-refractivity contribution in [1.29, 1.82) is 0 Å². The van der Waals surface area contributed by atoms with Crippen LogP contribution < -0.4 is 0 Å². The van der Waals surface area contributed by atoms with Crippen LogP contribution in [-0.2, 0) is 9.47 Å². The van der Waals surface area contributed by atoms with Crippen LogP contribution in [0.2, 0.25) is 0 Å². The van der Waals surface area contributed by atoms with E-state index in [1.807, 2.05) is 0 Å². The van der Waals surface area contributed by atoms with E-state index < -0.39 is 0 Å². The lowest BCUT2D eigenvalue weighted by Gasteiger charge is -1.93. The fraction of sp³-hybridized carbons (Fsp3) is 1.00. The first kappa shape index (κ1) is 6.62. The standard InChI is InChI=1S/C8H14O2/c1(3-7-5-9-7)2-4-8-6-10-8/h7-8H,1-6H2/t7-,8-/m1/s1. The van der Waals surface area contributed by atoms with Gasteiger partial charge in [0, 0.05) is 0 Å². The molecule has 2 heteroatoms. The summed E-state index contributed by atoms with van der Waals surface area (Å²) in [6.07, 6.45) is 6.44. The monoisotopic (exact) mass is 142 g/mol. The molecule has 2 rings (SSSR count). The van der Waals surface area contributed by atoms with Crippen LogP contribution in [0.1, 0.15) is 25.7 Å². The van der Waals surface area contributed by atoms with Gasteiger partial charge in [-0.05, 0) is 12.8 Å². The Bertz CT molecular complexity index is 91.8. The molecule has 2 aliphatic heterocycles. The first-order valence-electron chi connectivity index (χ1n) is 4.18. The van der Waals surface area contributed by atoms with Crippen molar-refractivity contribution in [2.75, 3.05) is 13.2 Å². The lowest BCUT2D eigenvalue weighted by atomic mass is 10.1. The first-order valence-corrected chi connectivity index (χ1v) is 4.18. The summed E-state index contributed by atoms with van der Waals surface area (Å²) in [5.74, 6) is 0. The molecule has 2 saturated heterocycles. The molecule has 0 N–H and O–H groups in total. The Morgan fingerprint density at radius 2 is 1.30 bits per heavy atom. The molecule has 2 fully saturated rings. The molecule has 10 heavy (non-hydrogen) atoms. The highest BCUT2D eigenvalue weighted by molar-refractivity contribution is 4.71. The third-order valence-electron chi connectivity index (χ3n) is 2.11. The average Bonchev–Trinajstić information content (AvgIpc) is 2.77. The number of rotatable bonds is 5. The molecule has 0 spiro atoms. The molecule has 0 aromatic carbocycles. The van der Waals surface area contributed by atoms with Crippen LogP contribution in [0.25, 0.3) is 0 Å². The van der Waals surface area contributed by atoms with Gasteiger partial charge in [-0.2, -0.15) is 0 Å². The Labute approximate surface area is 61.5 Å². The van der Waals surface area contributed by atoms with Gasteiger partial charge in [-0.15, -0.1) is 0 Å². The highest BCUT2D eigenvalue weighted by atomic mass is 16.6. The molecule has 0 radical (unpaired) electrons. The topological polar surface area (TPSA) is 25.1 Å². The van der Waals surface area contributed by atoms with E-state index in [4.69, 9.17) is 9.47 Å². The maximum Gasteiger partial charge on any atom is 0.0810 e. The lowest BCUT2D eigenvalue weighted by Crippen LogP contribution is -1.88. The van der Waals surface area contributed by atoms with Crippen molar-refractivity contribution in [3.05, 3.63) is 0 Å². The van der Waals surface area contributed by atoms with Gasteiger partial charge in [0.15, 0.2) is 0 Å². The van der Waals surface area contributed by atoms with Gasteiger partial charge in [-0.3, -0.25) is 0 Å². The maximum absolute atomic E-state index is 5.10. The van der Waals surface area contributed by atoms with E-state index in [2.05, 4.69) is 0 Å². The molecule has 2 heterocycles. The average molecular weight is 142 g/mol. The molecule has 0 saturated carbocycles. The minimum absolute atomic E-state index is 0.625. The van der Waals surface area contributed by atoms with Crippen molar-refractivity contribution in [2.24, 2.45) is 0 Å². The van der Waals surface area contributed by atoms with Crippen LogP contribution in [0.3, 0.4) is 0 Å². The number of unbranched alkanes of at least 4 members (excludes halogenated alkanes) is 1. The zero-order chi connectivity index (χ0) is 6.81.